The first-order valence-corrected chi connectivity index (χ1v) is 8.11. The molecule has 0 spiro atoms. The Kier molecular flexibility index (Phi) is 4.48. The van der Waals surface area contributed by atoms with E-state index in [1.165, 1.54) is 4.90 Å². The fraction of sp³-hybridized carbons (Fsp3) is 0.444. The summed E-state index contributed by atoms with van der Waals surface area (Å²) in [7, 11) is 0. The second-order valence-electron chi connectivity index (χ2n) is 6.37. The van der Waals surface area contributed by atoms with Gasteiger partial charge >= 0.3 is 0 Å². The van der Waals surface area contributed by atoms with Gasteiger partial charge < -0.3 is 10.4 Å². The van der Waals surface area contributed by atoms with Crippen LogP contribution < -0.4 is 5.32 Å². The van der Waals surface area contributed by atoms with Crippen molar-refractivity contribution in [2.24, 2.45) is 5.92 Å². The molecule has 122 valence electrons. The largest absolute Gasteiger partial charge is 0.393 e. The molecule has 1 aliphatic heterocycles. The minimum Gasteiger partial charge on any atom is -0.393 e. The highest BCUT2D eigenvalue weighted by atomic mass is 16.3. The molecule has 2 N–H and O–H groups in total. The highest BCUT2D eigenvalue weighted by Gasteiger charge is 2.32. The van der Waals surface area contributed by atoms with Gasteiger partial charge in [0, 0.05) is 23.4 Å². The van der Waals surface area contributed by atoms with Gasteiger partial charge in [-0.2, -0.15) is 0 Å². The van der Waals surface area contributed by atoms with Crippen LogP contribution in [0.4, 0.5) is 0 Å². The number of amides is 2. The predicted molar refractivity (Wildman–Crippen MR) is 87.5 cm³/mol. The van der Waals surface area contributed by atoms with Crippen LogP contribution in [0.25, 0.3) is 5.70 Å². The number of rotatable bonds is 4. The van der Waals surface area contributed by atoms with Crippen LogP contribution in [-0.2, 0) is 4.79 Å². The van der Waals surface area contributed by atoms with Gasteiger partial charge in [-0.3, -0.25) is 14.5 Å². The maximum atomic E-state index is 12.3. The number of hydrogen-bond donors (Lipinski definition) is 2. The Bertz CT molecular complexity index is 606. The average Bonchev–Trinajstić information content (AvgIpc) is 2.79. The first-order chi connectivity index (χ1) is 11.1. The van der Waals surface area contributed by atoms with E-state index >= 15 is 0 Å². The van der Waals surface area contributed by atoms with E-state index < -0.39 is 0 Å². The molecule has 1 heterocycles. The number of aliphatic hydroxyl groups excluding tert-OH is 1. The number of carbonyl (C=O) groups is 2. The fourth-order valence-electron chi connectivity index (χ4n) is 3.41. The number of nitrogens with zero attached hydrogens (tertiary/aromatic N) is 1. The molecule has 2 amide bonds. The van der Waals surface area contributed by atoms with Gasteiger partial charge in [0.1, 0.15) is 6.54 Å². The van der Waals surface area contributed by atoms with Gasteiger partial charge in [-0.1, -0.05) is 31.2 Å². The van der Waals surface area contributed by atoms with E-state index in [9.17, 15) is 14.7 Å². The zero-order valence-corrected chi connectivity index (χ0v) is 13.1. The molecule has 1 aromatic rings. The Hall–Kier alpha value is -2.14. The van der Waals surface area contributed by atoms with E-state index in [1.54, 1.807) is 6.07 Å². The van der Waals surface area contributed by atoms with Crippen LogP contribution in [0.2, 0.25) is 0 Å². The molecule has 23 heavy (non-hydrogen) atoms. The summed E-state index contributed by atoms with van der Waals surface area (Å²) >= 11 is 0. The molecule has 5 heteroatoms. The number of benzene rings is 1. The van der Waals surface area contributed by atoms with Crippen molar-refractivity contribution in [2.45, 2.75) is 31.8 Å². The lowest BCUT2D eigenvalue weighted by molar-refractivity contribution is -0.121. The monoisotopic (exact) mass is 314 g/mol. The van der Waals surface area contributed by atoms with Crippen molar-refractivity contribution >= 4 is 17.5 Å². The predicted octanol–water partition coefficient (Wildman–Crippen LogP) is 1.78. The van der Waals surface area contributed by atoms with Crippen LogP contribution in [0.1, 0.15) is 41.6 Å². The lowest BCUT2D eigenvalue weighted by Gasteiger charge is -2.26. The third kappa shape index (κ3) is 3.29. The van der Waals surface area contributed by atoms with Crippen LogP contribution in [0.3, 0.4) is 0 Å². The molecule has 1 fully saturated rings. The summed E-state index contributed by atoms with van der Waals surface area (Å²) in [4.78, 5) is 25.9. The number of aliphatic hydroxyl groups is 1. The molecular formula is C18H22N2O3. The van der Waals surface area contributed by atoms with Crippen LogP contribution >= 0.6 is 0 Å². The van der Waals surface area contributed by atoms with Gasteiger partial charge in [0.05, 0.1) is 6.10 Å². The standard InChI is InChI=1S/C18H22N2O3/c1-12-15-7-2-3-8-16(15)18(23)20(12)11-17(22)19-10-13-5-4-6-14(21)9-13/h2-3,7-8,13-14,21H,1,4-6,9-11H2,(H,19,22). The normalized spacial score (nSPS) is 23.8. The summed E-state index contributed by atoms with van der Waals surface area (Å²) in [5, 5.41) is 12.5. The molecule has 2 atom stereocenters. The van der Waals surface area contributed by atoms with E-state index in [0.717, 1.165) is 31.2 Å². The molecule has 2 aliphatic rings. The topological polar surface area (TPSA) is 69.6 Å². The van der Waals surface area contributed by atoms with Gasteiger partial charge in [0.15, 0.2) is 0 Å². The first-order valence-electron chi connectivity index (χ1n) is 8.11. The van der Waals surface area contributed by atoms with Crippen LogP contribution in [0.15, 0.2) is 30.8 Å². The maximum Gasteiger partial charge on any atom is 0.259 e. The van der Waals surface area contributed by atoms with Crippen molar-refractivity contribution in [3.63, 3.8) is 0 Å². The van der Waals surface area contributed by atoms with Gasteiger partial charge in [0.2, 0.25) is 5.91 Å². The van der Waals surface area contributed by atoms with E-state index in [0.29, 0.717) is 23.7 Å². The lowest BCUT2D eigenvalue weighted by Crippen LogP contribution is -2.39. The Balaban J connectivity index is 1.55. The third-order valence-corrected chi connectivity index (χ3v) is 4.68. The number of nitrogens with one attached hydrogen (secondary N) is 1. The fourth-order valence-corrected chi connectivity index (χ4v) is 3.41. The third-order valence-electron chi connectivity index (χ3n) is 4.68. The molecule has 1 saturated carbocycles. The van der Waals surface area contributed by atoms with Crippen LogP contribution in [0, 0.1) is 5.92 Å². The Labute approximate surface area is 136 Å². The molecule has 5 nitrogen and oxygen atoms in total. The quantitative estimate of drug-likeness (QED) is 0.890. The summed E-state index contributed by atoms with van der Waals surface area (Å²) in [6.45, 7) is 4.47. The van der Waals surface area contributed by atoms with E-state index in [1.807, 2.05) is 18.2 Å². The average molecular weight is 314 g/mol. The number of hydrogen-bond acceptors (Lipinski definition) is 3. The molecule has 2 unspecified atom stereocenters. The second kappa shape index (κ2) is 6.54. The minimum atomic E-state index is -0.250. The van der Waals surface area contributed by atoms with Gasteiger partial charge in [-0.25, -0.2) is 0 Å². The number of fused-ring (bicyclic) bond motifs is 1. The summed E-state index contributed by atoms with van der Waals surface area (Å²) in [6.07, 6.45) is 3.36. The van der Waals surface area contributed by atoms with Gasteiger partial charge in [-0.05, 0) is 31.2 Å². The van der Waals surface area contributed by atoms with Crippen LogP contribution in [-0.4, -0.2) is 41.0 Å². The minimum absolute atomic E-state index is 0.0123. The van der Waals surface area contributed by atoms with Crippen molar-refractivity contribution in [3.05, 3.63) is 42.0 Å². The maximum absolute atomic E-state index is 12.3. The smallest absolute Gasteiger partial charge is 0.259 e. The Morgan fingerprint density at radius 3 is 2.74 bits per heavy atom. The molecular weight excluding hydrogens is 292 g/mol. The van der Waals surface area contributed by atoms with E-state index in [4.69, 9.17) is 0 Å². The zero-order chi connectivity index (χ0) is 16.4. The van der Waals surface area contributed by atoms with Crippen molar-refractivity contribution in [1.82, 2.24) is 10.2 Å². The first kappa shape index (κ1) is 15.7. The molecule has 0 bridgehead atoms. The molecule has 1 aromatic carbocycles. The van der Waals surface area contributed by atoms with Crippen molar-refractivity contribution in [3.8, 4) is 0 Å². The highest BCUT2D eigenvalue weighted by molar-refractivity contribution is 6.10. The zero-order valence-electron chi connectivity index (χ0n) is 13.1. The molecule has 0 aromatic heterocycles. The van der Waals surface area contributed by atoms with Crippen LogP contribution in [0.5, 0.6) is 0 Å². The summed E-state index contributed by atoms with van der Waals surface area (Å²) in [5.74, 6) is -0.0430. The molecule has 0 radical (unpaired) electrons. The Morgan fingerprint density at radius 1 is 1.30 bits per heavy atom. The van der Waals surface area contributed by atoms with Crippen molar-refractivity contribution in [1.29, 1.82) is 0 Å². The summed E-state index contributed by atoms with van der Waals surface area (Å²) < 4.78 is 0. The number of carbonyl (C=O) groups excluding carboxylic acids is 2. The van der Waals surface area contributed by atoms with E-state index in [2.05, 4.69) is 11.9 Å². The van der Waals surface area contributed by atoms with Gasteiger partial charge in [0.25, 0.3) is 5.91 Å². The lowest BCUT2D eigenvalue weighted by atomic mass is 9.87. The second-order valence-corrected chi connectivity index (χ2v) is 6.37. The summed E-state index contributed by atoms with van der Waals surface area (Å²) in [5.41, 5.74) is 1.97. The molecule has 0 saturated heterocycles. The molecule has 1 aliphatic carbocycles. The van der Waals surface area contributed by atoms with Crippen molar-refractivity contribution < 1.29 is 14.7 Å². The SMILES string of the molecule is C=C1c2ccccc2C(=O)N1CC(=O)NCC1CCCC(O)C1. The Morgan fingerprint density at radius 2 is 2.04 bits per heavy atom. The van der Waals surface area contributed by atoms with Crippen molar-refractivity contribution in [2.75, 3.05) is 13.1 Å². The van der Waals surface area contributed by atoms with E-state index in [-0.39, 0.29) is 24.5 Å². The van der Waals surface area contributed by atoms with Gasteiger partial charge in [-0.15, -0.1) is 0 Å². The molecule has 3 rings (SSSR count). The highest BCUT2D eigenvalue weighted by Crippen LogP contribution is 2.30. The summed E-state index contributed by atoms with van der Waals surface area (Å²) in [6, 6.07) is 7.26.